The van der Waals surface area contributed by atoms with Crippen molar-refractivity contribution < 1.29 is 19.0 Å². The lowest BCUT2D eigenvalue weighted by Gasteiger charge is -2.56. The number of carbonyl (C=O) groups is 1. The first-order valence-corrected chi connectivity index (χ1v) is 11.8. The molecular formula is C26H31FN4O3. The third kappa shape index (κ3) is 3.80. The molecule has 0 saturated carbocycles. The summed E-state index contributed by atoms with van der Waals surface area (Å²) < 4.78 is 19.3. The molecule has 180 valence electrons. The van der Waals surface area contributed by atoms with Gasteiger partial charge in [0.2, 0.25) is 0 Å². The summed E-state index contributed by atoms with van der Waals surface area (Å²) in [4.78, 5) is 20.2. The van der Waals surface area contributed by atoms with E-state index in [2.05, 4.69) is 21.3 Å². The standard InChI is InChI=1S/C26H31FN4O3/c1-3-9-28-25(33)31-15-26(16-31)14-30(12-17-5-4-6-18(27)10-17)22(13-32)24-23(26)20-8-7-19(34-2)11-21(20)29-24/h4-8,10-11,22,29,32H,3,9,12-16H2,1-2H3,(H,28,33)/t22-/m0/s1. The largest absolute Gasteiger partial charge is 0.497 e. The van der Waals surface area contributed by atoms with Crippen LogP contribution in [0.15, 0.2) is 42.5 Å². The number of methoxy groups -OCH3 is 1. The van der Waals surface area contributed by atoms with Crippen molar-refractivity contribution in [3.63, 3.8) is 0 Å². The van der Waals surface area contributed by atoms with Gasteiger partial charge in [0.1, 0.15) is 11.6 Å². The van der Waals surface area contributed by atoms with Crippen molar-refractivity contribution in [2.75, 3.05) is 39.9 Å². The molecular weight excluding hydrogens is 435 g/mol. The van der Waals surface area contributed by atoms with Crippen LogP contribution in [0.5, 0.6) is 5.75 Å². The summed E-state index contributed by atoms with van der Waals surface area (Å²) in [6.45, 7) is 4.97. The van der Waals surface area contributed by atoms with Gasteiger partial charge in [-0.1, -0.05) is 19.1 Å². The number of rotatable bonds is 6. The van der Waals surface area contributed by atoms with Crippen molar-refractivity contribution >= 4 is 16.9 Å². The summed E-state index contributed by atoms with van der Waals surface area (Å²) in [5.41, 5.74) is 3.65. The number of aromatic nitrogens is 1. The lowest BCUT2D eigenvalue weighted by molar-refractivity contribution is 0.00986. The van der Waals surface area contributed by atoms with Crippen LogP contribution in [0, 0.1) is 5.82 Å². The zero-order chi connectivity index (χ0) is 23.9. The molecule has 2 aliphatic rings. The van der Waals surface area contributed by atoms with Crippen LogP contribution in [0.2, 0.25) is 0 Å². The van der Waals surface area contributed by atoms with E-state index in [0.29, 0.717) is 32.7 Å². The van der Waals surface area contributed by atoms with Crippen LogP contribution < -0.4 is 10.1 Å². The van der Waals surface area contributed by atoms with Gasteiger partial charge in [0.15, 0.2) is 0 Å². The van der Waals surface area contributed by atoms with Gasteiger partial charge >= 0.3 is 6.03 Å². The van der Waals surface area contributed by atoms with Gasteiger partial charge in [-0.05, 0) is 41.8 Å². The number of nitrogens with zero attached hydrogens (tertiary/aromatic N) is 2. The molecule has 1 aromatic heterocycles. The molecule has 0 aliphatic carbocycles. The van der Waals surface area contributed by atoms with E-state index in [9.17, 15) is 14.3 Å². The third-order valence-electron chi connectivity index (χ3n) is 7.09. The first kappa shape index (κ1) is 22.7. The highest BCUT2D eigenvalue weighted by molar-refractivity contribution is 5.88. The maximum Gasteiger partial charge on any atom is 0.317 e. The monoisotopic (exact) mass is 466 g/mol. The van der Waals surface area contributed by atoms with E-state index in [-0.39, 0.29) is 29.9 Å². The van der Waals surface area contributed by atoms with Crippen molar-refractivity contribution in [1.29, 1.82) is 0 Å². The number of H-pyrrole nitrogens is 1. The number of hydrogen-bond donors (Lipinski definition) is 3. The molecule has 1 saturated heterocycles. The number of nitrogens with one attached hydrogen (secondary N) is 2. The highest BCUT2D eigenvalue weighted by atomic mass is 19.1. The van der Waals surface area contributed by atoms with Gasteiger partial charge in [0.05, 0.1) is 19.8 Å². The van der Waals surface area contributed by atoms with E-state index in [1.807, 2.05) is 30.0 Å². The van der Waals surface area contributed by atoms with E-state index in [4.69, 9.17) is 4.74 Å². The van der Waals surface area contributed by atoms with E-state index >= 15 is 0 Å². The zero-order valence-electron chi connectivity index (χ0n) is 19.6. The molecule has 2 aromatic carbocycles. The molecule has 2 aliphatic heterocycles. The van der Waals surface area contributed by atoms with Crippen LogP contribution in [0.4, 0.5) is 9.18 Å². The van der Waals surface area contributed by atoms with E-state index in [0.717, 1.165) is 34.3 Å². The molecule has 3 aromatic rings. The minimum atomic E-state index is -0.273. The average molecular weight is 467 g/mol. The number of amides is 2. The molecule has 2 amide bonds. The molecule has 1 fully saturated rings. The van der Waals surface area contributed by atoms with Gasteiger partial charge in [0, 0.05) is 60.8 Å². The number of carbonyl (C=O) groups excluding carboxylic acids is 1. The van der Waals surface area contributed by atoms with Crippen molar-refractivity contribution in [1.82, 2.24) is 20.1 Å². The quantitative estimate of drug-likeness (QED) is 0.519. The maximum atomic E-state index is 13.9. The minimum Gasteiger partial charge on any atom is -0.497 e. The fourth-order valence-corrected chi connectivity index (χ4v) is 5.58. The second-order valence-corrected chi connectivity index (χ2v) is 9.43. The molecule has 3 N–H and O–H groups in total. The Kier molecular flexibility index (Phi) is 5.95. The van der Waals surface area contributed by atoms with Crippen molar-refractivity contribution in [2.24, 2.45) is 0 Å². The molecule has 0 bridgehead atoms. The zero-order valence-corrected chi connectivity index (χ0v) is 19.6. The van der Waals surface area contributed by atoms with Crippen LogP contribution in [0.25, 0.3) is 10.9 Å². The highest BCUT2D eigenvalue weighted by Gasteiger charge is 2.54. The van der Waals surface area contributed by atoms with Crippen molar-refractivity contribution in [2.45, 2.75) is 31.3 Å². The van der Waals surface area contributed by atoms with Gasteiger partial charge in [-0.15, -0.1) is 0 Å². The fraction of sp³-hybridized carbons (Fsp3) is 0.423. The normalized spacial score (nSPS) is 19.2. The summed E-state index contributed by atoms with van der Waals surface area (Å²) in [6.07, 6.45) is 0.888. The SMILES string of the molecule is CCCNC(=O)N1CC2(C1)CN(Cc1cccc(F)c1)[C@@H](CO)c1[nH]c3cc(OC)ccc3c12. The highest BCUT2D eigenvalue weighted by Crippen LogP contribution is 2.48. The van der Waals surface area contributed by atoms with Crippen molar-refractivity contribution in [3.8, 4) is 5.75 Å². The van der Waals surface area contributed by atoms with Gasteiger partial charge in [0.25, 0.3) is 0 Å². The molecule has 34 heavy (non-hydrogen) atoms. The molecule has 8 heteroatoms. The Balaban J connectivity index is 1.55. The van der Waals surface area contributed by atoms with Crippen molar-refractivity contribution in [3.05, 3.63) is 65.1 Å². The number of fused-ring (bicyclic) bond motifs is 4. The Morgan fingerprint density at radius 3 is 2.79 bits per heavy atom. The number of aromatic amines is 1. The second-order valence-electron chi connectivity index (χ2n) is 9.43. The summed E-state index contributed by atoms with van der Waals surface area (Å²) >= 11 is 0. The molecule has 0 radical (unpaired) electrons. The minimum absolute atomic E-state index is 0.0449. The smallest absolute Gasteiger partial charge is 0.317 e. The molecule has 5 rings (SSSR count). The summed E-state index contributed by atoms with van der Waals surface area (Å²) in [5, 5.41) is 14.5. The molecule has 7 nitrogen and oxygen atoms in total. The second kappa shape index (κ2) is 8.92. The Bertz CT molecular complexity index is 1200. The predicted octanol–water partition coefficient (Wildman–Crippen LogP) is 3.54. The van der Waals surface area contributed by atoms with E-state index < -0.39 is 0 Å². The lowest BCUT2D eigenvalue weighted by Crippen LogP contribution is -2.68. The van der Waals surface area contributed by atoms with Crippen LogP contribution >= 0.6 is 0 Å². The third-order valence-corrected chi connectivity index (χ3v) is 7.09. The maximum absolute atomic E-state index is 13.9. The number of likely N-dealkylation sites (tertiary alicyclic amines) is 1. The first-order chi connectivity index (χ1) is 16.5. The molecule has 0 unspecified atom stereocenters. The summed E-state index contributed by atoms with van der Waals surface area (Å²) in [7, 11) is 1.64. The number of benzene rings is 2. The number of ether oxygens (including phenoxy) is 1. The van der Waals surface area contributed by atoms with Crippen LogP contribution in [-0.4, -0.2) is 65.8 Å². The number of hydrogen-bond acceptors (Lipinski definition) is 4. The molecule has 1 atom stereocenters. The average Bonchev–Trinajstić information content (AvgIpc) is 3.19. The van der Waals surface area contributed by atoms with Crippen LogP contribution in [0.1, 0.15) is 36.2 Å². The molecule has 1 spiro atoms. The van der Waals surface area contributed by atoms with E-state index in [1.54, 1.807) is 13.2 Å². The predicted molar refractivity (Wildman–Crippen MR) is 128 cm³/mol. The first-order valence-electron chi connectivity index (χ1n) is 11.8. The topological polar surface area (TPSA) is 80.8 Å². The Morgan fingerprint density at radius 2 is 2.09 bits per heavy atom. The van der Waals surface area contributed by atoms with Gasteiger partial charge in [-0.3, -0.25) is 4.90 Å². The number of aliphatic hydroxyl groups is 1. The Hall–Kier alpha value is -3.10. The van der Waals surface area contributed by atoms with Crippen LogP contribution in [-0.2, 0) is 12.0 Å². The number of halogens is 1. The fourth-order valence-electron chi connectivity index (χ4n) is 5.58. The molecule has 3 heterocycles. The number of urea groups is 1. The summed E-state index contributed by atoms with van der Waals surface area (Å²) in [6, 6.07) is 12.3. The van der Waals surface area contributed by atoms with Gasteiger partial charge in [-0.2, -0.15) is 0 Å². The summed E-state index contributed by atoms with van der Waals surface area (Å²) in [5.74, 6) is 0.483. The van der Waals surface area contributed by atoms with Crippen LogP contribution in [0.3, 0.4) is 0 Å². The van der Waals surface area contributed by atoms with Gasteiger partial charge < -0.3 is 25.0 Å². The lowest BCUT2D eigenvalue weighted by atomic mass is 9.68. The van der Waals surface area contributed by atoms with E-state index in [1.165, 1.54) is 17.7 Å². The Labute approximate surface area is 198 Å². The Morgan fingerprint density at radius 1 is 1.26 bits per heavy atom. The number of aliphatic hydroxyl groups excluding tert-OH is 1. The van der Waals surface area contributed by atoms with Gasteiger partial charge in [-0.25, -0.2) is 9.18 Å².